The predicted molar refractivity (Wildman–Crippen MR) is 115 cm³/mol. The first kappa shape index (κ1) is 22.0. The maximum Gasteiger partial charge on any atom is 0.290 e. The van der Waals surface area contributed by atoms with Crippen LogP contribution in [0.1, 0.15) is 23.8 Å². The predicted octanol–water partition coefficient (Wildman–Crippen LogP) is 3.12. The molecule has 0 radical (unpaired) electrons. The van der Waals surface area contributed by atoms with Crippen molar-refractivity contribution in [2.45, 2.75) is 12.5 Å². The number of allylic oxidation sites excluding steroid dienone is 1. The lowest BCUT2D eigenvalue weighted by molar-refractivity contribution is -0.129. The van der Waals surface area contributed by atoms with E-state index >= 15 is 0 Å². The van der Waals surface area contributed by atoms with E-state index in [0.717, 1.165) is 19.6 Å². The van der Waals surface area contributed by atoms with E-state index < -0.39 is 29.3 Å². The summed E-state index contributed by atoms with van der Waals surface area (Å²) in [6.45, 7) is 4.08. The first-order valence-electron chi connectivity index (χ1n) is 10.6. The van der Waals surface area contributed by atoms with Crippen molar-refractivity contribution < 1.29 is 28.2 Å². The van der Waals surface area contributed by atoms with Gasteiger partial charge in [-0.1, -0.05) is 12.1 Å². The number of nitrogens with zero attached hydrogens (tertiary/aromatic N) is 2. The Kier molecular flexibility index (Phi) is 6.82. The van der Waals surface area contributed by atoms with E-state index in [4.69, 9.17) is 9.15 Å². The summed E-state index contributed by atoms with van der Waals surface area (Å²) in [7, 11) is 0. The number of furan rings is 1. The molecule has 32 heavy (non-hydrogen) atoms. The van der Waals surface area contributed by atoms with Crippen molar-refractivity contribution in [1.82, 2.24) is 9.80 Å². The Balaban J connectivity index is 1.57. The van der Waals surface area contributed by atoms with Gasteiger partial charge in [0.15, 0.2) is 11.5 Å². The van der Waals surface area contributed by atoms with Gasteiger partial charge < -0.3 is 19.2 Å². The van der Waals surface area contributed by atoms with Crippen LogP contribution in [0.2, 0.25) is 0 Å². The van der Waals surface area contributed by atoms with Crippen molar-refractivity contribution in [2.24, 2.45) is 0 Å². The zero-order valence-corrected chi connectivity index (χ0v) is 17.6. The largest absolute Gasteiger partial charge is 0.503 e. The van der Waals surface area contributed by atoms with Crippen molar-refractivity contribution in [2.75, 3.05) is 39.4 Å². The summed E-state index contributed by atoms with van der Waals surface area (Å²) in [5.74, 6) is -1.77. The molecule has 2 aromatic rings. The zero-order valence-electron chi connectivity index (χ0n) is 17.6. The highest BCUT2D eigenvalue weighted by Gasteiger charge is 2.42. The van der Waals surface area contributed by atoms with Crippen molar-refractivity contribution in [3.8, 4) is 0 Å². The van der Waals surface area contributed by atoms with Crippen molar-refractivity contribution in [3.05, 3.63) is 77.2 Å². The van der Waals surface area contributed by atoms with Crippen LogP contribution in [0, 0.1) is 5.82 Å². The molecule has 1 aromatic carbocycles. The second kappa shape index (κ2) is 9.93. The second-order valence-corrected chi connectivity index (χ2v) is 7.74. The molecule has 0 aliphatic carbocycles. The summed E-state index contributed by atoms with van der Waals surface area (Å²) in [6.07, 6.45) is 4.85. The van der Waals surface area contributed by atoms with E-state index in [-0.39, 0.29) is 5.57 Å². The van der Waals surface area contributed by atoms with Gasteiger partial charge in [-0.2, -0.15) is 0 Å². The molecule has 2 aliphatic heterocycles. The molecule has 0 bridgehead atoms. The third-order valence-electron chi connectivity index (χ3n) is 5.65. The van der Waals surface area contributed by atoms with Crippen LogP contribution in [0.3, 0.4) is 0 Å². The number of benzene rings is 1. The van der Waals surface area contributed by atoms with E-state index in [1.807, 2.05) is 0 Å². The molecule has 168 valence electrons. The van der Waals surface area contributed by atoms with Gasteiger partial charge in [-0.15, -0.1) is 0 Å². The Morgan fingerprint density at radius 2 is 2.00 bits per heavy atom. The SMILES string of the molecule is O=C(/C=C/c1ccco1)C1=C(O)C(=O)N(CCCN2CCOCC2)C1c1cccc(F)c1. The number of amides is 1. The molecule has 1 atom stereocenters. The molecule has 4 rings (SSSR count). The van der Waals surface area contributed by atoms with Crippen LogP contribution in [0.4, 0.5) is 4.39 Å². The van der Waals surface area contributed by atoms with Crippen molar-refractivity contribution in [3.63, 3.8) is 0 Å². The zero-order chi connectivity index (χ0) is 22.5. The summed E-state index contributed by atoms with van der Waals surface area (Å²) >= 11 is 0. The Bertz CT molecular complexity index is 1020. The first-order valence-corrected chi connectivity index (χ1v) is 10.6. The smallest absolute Gasteiger partial charge is 0.290 e. The topological polar surface area (TPSA) is 83.2 Å². The molecule has 1 N–H and O–H groups in total. The molecule has 8 heteroatoms. The minimum atomic E-state index is -0.864. The number of ether oxygens (including phenoxy) is 1. The fraction of sp³-hybridized carbons (Fsp3) is 0.333. The molecule has 0 saturated carbocycles. The molecular formula is C24H25FN2O5. The Morgan fingerprint density at radius 3 is 2.72 bits per heavy atom. The van der Waals surface area contributed by atoms with Crippen LogP contribution in [-0.4, -0.2) is 66.0 Å². The minimum absolute atomic E-state index is 0.0604. The fourth-order valence-electron chi connectivity index (χ4n) is 4.08. The number of hydrogen-bond acceptors (Lipinski definition) is 6. The number of halogens is 1. The van der Waals surface area contributed by atoms with Gasteiger partial charge in [-0.3, -0.25) is 14.5 Å². The number of morpholine rings is 1. The number of carbonyl (C=O) groups excluding carboxylic acids is 2. The number of rotatable bonds is 8. The highest BCUT2D eigenvalue weighted by molar-refractivity contribution is 6.14. The Labute approximate surface area is 185 Å². The summed E-state index contributed by atoms with van der Waals surface area (Å²) in [5.41, 5.74) is 0.373. The van der Waals surface area contributed by atoms with E-state index in [1.165, 1.54) is 41.5 Å². The lowest BCUT2D eigenvalue weighted by Gasteiger charge is -2.29. The minimum Gasteiger partial charge on any atom is -0.503 e. The van der Waals surface area contributed by atoms with Crippen LogP contribution in [0.25, 0.3) is 6.08 Å². The van der Waals surface area contributed by atoms with Gasteiger partial charge in [0.05, 0.1) is 31.1 Å². The maximum atomic E-state index is 14.0. The molecular weight excluding hydrogens is 415 g/mol. The van der Waals surface area contributed by atoms with Gasteiger partial charge >= 0.3 is 0 Å². The van der Waals surface area contributed by atoms with E-state index in [1.54, 1.807) is 18.2 Å². The lowest BCUT2D eigenvalue weighted by Crippen LogP contribution is -2.39. The van der Waals surface area contributed by atoms with Gasteiger partial charge in [-0.25, -0.2) is 4.39 Å². The molecule has 1 saturated heterocycles. The summed E-state index contributed by atoms with van der Waals surface area (Å²) in [4.78, 5) is 29.6. The van der Waals surface area contributed by atoms with Crippen LogP contribution in [0.5, 0.6) is 0 Å². The number of hydrogen-bond donors (Lipinski definition) is 1. The molecule has 1 aromatic heterocycles. The number of ketones is 1. The third-order valence-corrected chi connectivity index (χ3v) is 5.65. The molecule has 3 heterocycles. The van der Waals surface area contributed by atoms with Crippen LogP contribution >= 0.6 is 0 Å². The van der Waals surface area contributed by atoms with Gasteiger partial charge in [0.2, 0.25) is 0 Å². The van der Waals surface area contributed by atoms with Gasteiger partial charge in [0.1, 0.15) is 11.6 Å². The van der Waals surface area contributed by atoms with Crippen molar-refractivity contribution in [1.29, 1.82) is 0 Å². The Hall–Kier alpha value is -3.23. The van der Waals surface area contributed by atoms with E-state index in [0.29, 0.717) is 37.5 Å². The highest BCUT2D eigenvalue weighted by Crippen LogP contribution is 2.38. The first-order chi connectivity index (χ1) is 15.5. The van der Waals surface area contributed by atoms with Gasteiger partial charge in [0, 0.05) is 26.2 Å². The number of aliphatic hydroxyl groups excluding tert-OH is 1. The lowest BCUT2D eigenvalue weighted by atomic mass is 9.95. The molecule has 1 fully saturated rings. The quantitative estimate of drug-likeness (QED) is 0.635. The summed E-state index contributed by atoms with van der Waals surface area (Å²) in [6, 6.07) is 8.26. The highest BCUT2D eigenvalue weighted by atomic mass is 19.1. The molecule has 7 nitrogen and oxygen atoms in total. The van der Waals surface area contributed by atoms with Gasteiger partial charge in [0.25, 0.3) is 5.91 Å². The monoisotopic (exact) mass is 440 g/mol. The summed E-state index contributed by atoms with van der Waals surface area (Å²) in [5, 5.41) is 10.6. The summed E-state index contributed by atoms with van der Waals surface area (Å²) < 4.78 is 24.5. The normalized spacial score (nSPS) is 20.0. The molecule has 0 spiro atoms. The van der Waals surface area contributed by atoms with Gasteiger partial charge in [-0.05, 0) is 48.4 Å². The number of aliphatic hydroxyl groups is 1. The second-order valence-electron chi connectivity index (χ2n) is 7.74. The van der Waals surface area contributed by atoms with E-state index in [2.05, 4.69) is 4.90 Å². The molecule has 2 aliphatic rings. The molecule has 1 amide bonds. The van der Waals surface area contributed by atoms with Crippen LogP contribution in [0.15, 0.2) is 64.5 Å². The fourth-order valence-corrected chi connectivity index (χ4v) is 4.08. The molecule has 1 unspecified atom stereocenters. The third kappa shape index (κ3) is 4.81. The number of carbonyl (C=O) groups is 2. The van der Waals surface area contributed by atoms with Crippen LogP contribution < -0.4 is 0 Å². The van der Waals surface area contributed by atoms with Crippen LogP contribution in [-0.2, 0) is 14.3 Å². The van der Waals surface area contributed by atoms with E-state index in [9.17, 15) is 19.1 Å². The average Bonchev–Trinajstić information content (AvgIpc) is 3.40. The Morgan fingerprint density at radius 1 is 1.19 bits per heavy atom. The average molecular weight is 440 g/mol. The maximum absolute atomic E-state index is 14.0. The standard InChI is InChI=1S/C24H25FN2O5/c25-18-5-1-4-17(16-18)22-21(20(28)8-7-19-6-2-13-32-19)23(29)24(30)27(22)10-3-9-26-11-14-31-15-12-26/h1-2,4-8,13,16,22,29H,3,9-12,14-15H2/b8-7+. The van der Waals surface area contributed by atoms with Crippen molar-refractivity contribution >= 4 is 17.8 Å².